The van der Waals surface area contributed by atoms with Gasteiger partial charge in [0.2, 0.25) is 11.6 Å². The summed E-state index contributed by atoms with van der Waals surface area (Å²) in [6.45, 7) is 13.0. The molecule has 0 aliphatic heterocycles. The highest BCUT2D eigenvalue weighted by atomic mass is 28.4. The first-order chi connectivity index (χ1) is 27.3. The van der Waals surface area contributed by atoms with Crippen LogP contribution in [0.3, 0.4) is 0 Å². The number of halogens is 1. The first-order valence-corrected chi connectivity index (χ1v) is 23.3. The van der Waals surface area contributed by atoms with Crippen LogP contribution in [0.5, 0.6) is 11.6 Å². The first kappa shape index (κ1) is 39.3. The van der Waals surface area contributed by atoms with Gasteiger partial charge in [-0.3, -0.25) is 9.59 Å². The summed E-state index contributed by atoms with van der Waals surface area (Å²) in [6.07, 6.45) is 4.20. The topological polar surface area (TPSA) is 120 Å². The number of fused-ring (bicyclic) bond motifs is 4. The number of aromatic nitrogens is 1. The summed E-state index contributed by atoms with van der Waals surface area (Å²) in [4.78, 5) is 31.3. The Bertz CT molecular complexity index is 2210. The average molecular weight is 793 g/mol. The third-order valence-electron chi connectivity index (χ3n) is 13.2. The number of aliphatic hydroxyl groups is 1. The van der Waals surface area contributed by atoms with Gasteiger partial charge in [0.25, 0.3) is 5.88 Å². The molecule has 1 aromatic heterocycles. The van der Waals surface area contributed by atoms with Crippen LogP contribution in [-0.2, 0) is 28.9 Å². The van der Waals surface area contributed by atoms with Crippen molar-refractivity contribution in [3.63, 3.8) is 0 Å². The van der Waals surface area contributed by atoms with Crippen molar-refractivity contribution < 1.29 is 37.5 Å². The molecule has 0 saturated heterocycles. The van der Waals surface area contributed by atoms with Crippen LogP contribution in [0.1, 0.15) is 116 Å². The summed E-state index contributed by atoms with van der Waals surface area (Å²) >= 11 is 0. The second-order valence-corrected chi connectivity index (χ2v) is 22.4. The molecule has 57 heavy (non-hydrogen) atoms. The lowest BCUT2D eigenvalue weighted by atomic mass is 9.57. The van der Waals surface area contributed by atoms with Crippen LogP contribution in [0.2, 0.25) is 18.1 Å². The Morgan fingerprint density at radius 1 is 0.930 bits per heavy atom. The third-order valence-corrected chi connectivity index (χ3v) is 17.6. The fourth-order valence-corrected chi connectivity index (χ4v) is 10.7. The van der Waals surface area contributed by atoms with E-state index in [0.717, 1.165) is 36.8 Å². The number of hydrogen-bond acceptors (Lipinski definition) is 9. The number of carbonyl (C=O) groups is 2. The van der Waals surface area contributed by atoms with Crippen molar-refractivity contribution in [3.05, 3.63) is 117 Å². The predicted molar refractivity (Wildman–Crippen MR) is 217 cm³/mol. The quantitative estimate of drug-likeness (QED) is 0.113. The highest BCUT2D eigenvalue weighted by Gasteiger charge is 2.68. The second-order valence-electron chi connectivity index (χ2n) is 17.7. The minimum absolute atomic E-state index is 0.0151. The number of Topliss-reactive ketones (excluding diaryl/α,β-unsaturated/α-hetero) is 2. The zero-order valence-electron chi connectivity index (χ0n) is 33.7. The van der Waals surface area contributed by atoms with E-state index in [1.165, 1.54) is 0 Å². The Balaban J connectivity index is 1.30. The summed E-state index contributed by atoms with van der Waals surface area (Å²) < 4.78 is 42.8. The van der Waals surface area contributed by atoms with E-state index >= 15 is 14.0 Å². The van der Waals surface area contributed by atoms with E-state index < -0.39 is 48.4 Å². The van der Waals surface area contributed by atoms with Crippen molar-refractivity contribution in [2.45, 2.75) is 115 Å². The van der Waals surface area contributed by atoms with Gasteiger partial charge in [0, 0.05) is 17.1 Å². The molecule has 2 saturated carbocycles. The van der Waals surface area contributed by atoms with Gasteiger partial charge in [0.05, 0.1) is 11.6 Å². The minimum atomic E-state index is -2.93. The molecule has 4 aliphatic rings. The van der Waals surface area contributed by atoms with Crippen molar-refractivity contribution in [2.24, 2.45) is 11.8 Å². The first-order valence-electron chi connectivity index (χ1n) is 20.4. The van der Waals surface area contributed by atoms with Gasteiger partial charge in [-0.2, -0.15) is 0 Å². The summed E-state index contributed by atoms with van der Waals surface area (Å²) in [5, 5.41) is 19.9. The van der Waals surface area contributed by atoms with Gasteiger partial charge >= 0.3 is 0 Å². The van der Waals surface area contributed by atoms with Crippen LogP contribution in [-0.4, -0.2) is 42.3 Å². The molecule has 9 nitrogen and oxygen atoms in total. The molecular weight excluding hydrogens is 740 g/mol. The lowest BCUT2D eigenvalue weighted by Gasteiger charge is -2.54. The smallest absolute Gasteiger partial charge is 0.265 e. The number of nitrogens with zero attached hydrogens (tertiary/aromatic N) is 1. The molecule has 0 unspecified atom stereocenters. The fraction of sp³-hybridized carbons (Fsp3) is 0.457. The number of rotatable bonds is 11. The summed E-state index contributed by atoms with van der Waals surface area (Å²) in [5.41, 5.74) is 0.981. The summed E-state index contributed by atoms with van der Waals surface area (Å²) in [7, 11) is -2.93. The maximum atomic E-state index is 17.0. The van der Waals surface area contributed by atoms with Gasteiger partial charge in [-0.15, -0.1) is 0 Å². The minimum Gasteiger partial charge on any atom is -0.507 e. The molecule has 8 rings (SSSR count). The van der Waals surface area contributed by atoms with Crippen molar-refractivity contribution in [1.82, 2.24) is 10.5 Å². The molecular formula is C46H53FN2O7Si. The van der Waals surface area contributed by atoms with E-state index in [1.54, 1.807) is 6.07 Å². The standard InChI is InChI=1S/C46H53FN2O7Si/c1-7-48-39-33-23-30-22-32-36(34(53-25-27-16-10-8-11-17-27)24-31(38(32)47)29-20-14-15-21-29)40(50)35(30)42(51)46(33,56-57(5,6)45(2,3)4)43(52)37-41(39)55-49-44(37)54-26-28-18-12-9-13-19-28/h8-13,16-19,24,29-30,33,39,48,50H,7,14-15,20-23,25-26H2,1-6H3/t30-,33-,39-,46-/m0/s1. The Morgan fingerprint density at radius 2 is 1.56 bits per heavy atom. The molecule has 3 aromatic carbocycles. The molecule has 1 heterocycles. The third kappa shape index (κ3) is 6.65. The Kier molecular flexibility index (Phi) is 10.3. The van der Waals surface area contributed by atoms with E-state index in [2.05, 4.69) is 31.2 Å². The summed E-state index contributed by atoms with van der Waals surface area (Å²) in [5.74, 6) is -2.63. The maximum absolute atomic E-state index is 17.0. The molecule has 4 atom stereocenters. The number of ether oxygens (including phenoxy) is 2. The number of benzene rings is 3. The Labute approximate surface area is 335 Å². The average Bonchev–Trinajstić information content (AvgIpc) is 3.88. The summed E-state index contributed by atoms with van der Waals surface area (Å²) in [6, 6.07) is 20.3. The SMILES string of the molecule is CCN[C@@H]1c2onc(OCc3ccccc3)c2C(=O)[C@@]2(O[Si](C)(C)C(C)(C)C)C(=O)C3=C(O)c4c(OCc5ccccc5)cc(C5CCCC5)c(F)c4C[C@H]3C[C@@H]12. The van der Waals surface area contributed by atoms with Gasteiger partial charge in [-0.05, 0) is 90.1 Å². The fourth-order valence-electron chi connectivity index (χ4n) is 9.28. The van der Waals surface area contributed by atoms with Crippen molar-refractivity contribution in [3.8, 4) is 11.6 Å². The predicted octanol–water partition coefficient (Wildman–Crippen LogP) is 9.97. The van der Waals surface area contributed by atoms with E-state index in [4.69, 9.17) is 18.4 Å². The highest BCUT2D eigenvalue weighted by molar-refractivity contribution is 6.74. The van der Waals surface area contributed by atoms with Crippen molar-refractivity contribution >= 4 is 25.6 Å². The van der Waals surface area contributed by atoms with E-state index in [1.807, 2.05) is 80.7 Å². The lowest BCUT2D eigenvalue weighted by molar-refractivity contribution is -0.138. The molecule has 2 N–H and O–H groups in total. The number of ketones is 2. The molecule has 4 aromatic rings. The van der Waals surface area contributed by atoms with E-state index in [0.29, 0.717) is 23.4 Å². The van der Waals surface area contributed by atoms with Crippen LogP contribution in [0.15, 0.2) is 76.8 Å². The molecule has 0 radical (unpaired) electrons. The number of nitrogens with one attached hydrogen (secondary N) is 1. The Morgan fingerprint density at radius 3 is 2.18 bits per heavy atom. The zero-order chi connectivity index (χ0) is 40.3. The lowest BCUT2D eigenvalue weighted by Crippen LogP contribution is -2.68. The molecule has 4 aliphatic carbocycles. The van der Waals surface area contributed by atoms with Gasteiger partial charge in [-0.25, -0.2) is 4.39 Å². The van der Waals surface area contributed by atoms with Crippen molar-refractivity contribution in [2.75, 3.05) is 6.54 Å². The van der Waals surface area contributed by atoms with Crippen LogP contribution in [0, 0.1) is 17.7 Å². The van der Waals surface area contributed by atoms with Gasteiger partial charge in [-0.1, -0.05) is 101 Å². The van der Waals surface area contributed by atoms with Crippen LogP contribution in [0.4, 0.5) is 4.39 Å². The normalized spacial score (nSPS) is 23.5. The highest BCUT2D eigenvalue weighted by Crippen LogP contribution is 2.58. The number of carbonyl (C=O) groups excluding carboxylic acids is 2. The molecule has 0 spiro atoms. The molecule has 2 fully saturated rings. The van der Waals surface area contributed by atoms with Crippen LogP contribution < -0.4 is 14.8 Å². The van der Waals surface area contributed by atoms with Gasteiger partial charge in [0.1, 0.15) is 36.1 Å². The van der Waals surface area contributed by atoms with Crippen LogP contribution >= 0.6 is 0 Å². The molecule has 0 bridgehead atoms. The van der Waals surface area contributed by atoms with Crippen LogP contribution in [0.25, 0.3) is 5.76 Å². The zero-order valence-corrected chi connectivity index (χ0v) is 34.7. The molecule has 0 amide bonds. The van der Waals surface area contributed by atoms with Gasteiger partial charge < -0.3 is 28.8 Å². The van der Waals surface area contributed by atoms with Crippen molar-refractivity contribution in [1.29, 1.82) is 0 Å². The molecule has 11 heteroatoms. The number of aliphatic hydroxyl groups excluding tert-OH is 1. The Hall–Kier alpha value is -4.58. The maximum Gasteiger partial charge on any atom is 0.265 e. The largest absolute Gasteiger partial charge is 0.507 e. The van der Waals surface area contributed by atoms with E-state index in [-0.39, 0.29) is 71.9 Å². The number of hydrogen-bond donors (Lipinski definition) is 2. The molecule has 300 valence electrons. The monoisotopic (exact) mass is 792 g/mol. The van der Waals surface area contributed by atoms with E-state index in [9.17, 15) is 5.11 Å². The van der Waals surface area contributed by atoms with Gasteiger partial charge in [0.15, 0.2) is 19.7 Å². The second kappa shape index (κ2) is 15.0.